The Morgan fingerprint density at radius 1 is 1.03 bits per heavy atom. The quantitative estimate of drug-likeness (QED) is 0.239. The van der Waals surface area contributed by atoms with Crippen LogP contribution < -0.4 is 20.2 Å². The largest absolute Gasteiger partial charge is 0.504 e. The minimum absolute atomic E-state index is 0.00454. The van der Waals surface area contributed by atoms with Crippen molar-refractivity contribution >= 4 is 41.2 Å². The van der Waals surface area contributed by atoms with E-state index < -0.39 is 24.0 Å². The van der Waals surface area contributed by atoms with Gasteiger partial charge in [-0.1, -0.05) is 53.5 Å². The van der Waals surface area contributed by atoms with Crippen LogP contribution in [-0.4, -0.2) is 41.9 Å². The third-order valence-corrected chi connectivity index (χ3v) is 5.69. The van der Waals surface area contributed by atoms with E-state index in [0.29, 0.717) is 28.7 Å². The maximum atomic E-state index is 13.0. The molecule has 0 saturated carbocycles. The van der Waals surface area contributed by atoms with Crippen LogP contribution >= 0.6 is 23.2 Å². The summed E-state index contributed by atoms with van der Waals surface area (Å²) in [4.78, 5) is 25.9. The lowest BCUT2D eigenvalue weighted by Crippen LogP contribution is -2.50. The molecule has 3 rings (SSSR count). The second-order valence-electron chi connectivity index (χ2n) is 7.98. The molecule has 0 saturated heterocycles. The topological polar surface area (TPSA) is 109 Å². The van der Waals surface area contributed by atoms with Crippen molar-refractivity contribution in [1.82, 2.24) is 10.7 Å². The summed E-state index contributed by atoms with van der Waals surface area (Å²) in [6, 6.07) is 17.7. The number of hydrogen-bond acceptors (Lipinski definition) is 6. The van der Waals surface area contributed by atoms with E-state index in [9.17, 15) is 14.7 Å². The van der Waals surface area contributed by atoms with Gasteiger partial charge in [-0.25, -0.2) is 5.43 Å². The normalized spacial score (nSPS) is 12.5. The highest BCUT2D eigenvalue weighted by Crippen LogP contribution is 2.28. The molecule has 3 N–H and O–H groups in total. The smallest absolute Gasteiger partial charge is 0.262 e. The van der Waals surface area contributed by atoms with Crippen LogP contribution in [0.1, 0.15) is 25.0 Å². The predicted molar refractivity (Wildman–Crippen MR) is 144 cm³/mol. The number of carbonyl (C=O) groups excluding carboxylic acids is 2. The molecule has 0 aromatic heterocycles. The fourth-order valence-electron chi connectivity index (χ4n) is 3.29. The lowest BCUT2D eigenvalue weighted by Gasteiger charge is -2.21. The minimum Gasteiger partial charge on any atom is -0.504 e. The highest BCUT2D eigenvalue weighted by Gasteiger charge is 2.25. The van der Waals surface area contributed by atoms with Gasteiger partial charge in [0.25, 0.3) is 11.8 Å². The van der Waals surface area contributed by atoms with E-state index in [-0.39, 0.29) is 17.2 Å². The van der Waals surface area contributed by atoms with E-state index in [1.807, 2.05) is 30.3 Å². The Bertz CT molecular complexity index is 1250. The second kappa shape index (κ2) is 13.5. The Balaban J connectivity index is 1.69. The molecule has 0 bridgehead atoms. The van der Waals surface area contributed by atoms with Gasteiger partial charge in [0.1, 0.15) is 11.8 Å². The number of amides is 2. The monoisotopic (exact) mass is 543 g/mol. The van der Waals surface area contributed by atoms with Crippen molar-refractivity contribution in [3.63, 3.8) is 0 Å². The first-order valence-corrected chi connectivity index (χ1v) is 12.3. The number of nitrogens with one attached hydrogen (secondary N) is 2. The number of hydrazone groups is 1. The molecule has 3 aromatic rings. The third kappa shape index (κ3) is 8.41. The van der Waals surface area contributed by atoms with Crippen LogP contribution in [0.3, 0.4) is 0 Å². The summed E-state index contributed by atoms with van der Waals surface area (Å²) in [6.07, 6.45) is 0.702. The van der Waals surface area contributed by atoms with Gasteiger partial charge < -0.3 is 19.9 Å². The fraction of sp³-hybridized carbons (Fsp3) is 0.222. The minimum atomic E-state index is -0.942. The number of carbonyl (C=O) groups is 2. The number of nitrogens with zero attached hydrogens (tertiary/aromatic N) is 1. The third-order valence-electron chi connectivity index (χ3n) is 5.15. The molecule has 0 heterocycles. The van der Waals surface area contributed by atoms with Crippen LogP contribution in [0, 0.1) is 0 Å². The van der Waals surface area contributed by atoms with Gasteiger partial charge in [0.15, 0.2) is 17.6 Å². The Hall–Kier alpha value is -3.75. The number of ether oxygens (including phenoxy) is 2. The summed E-state index contributed by atoms with van der Waals surface area (Å²) in [5, 5.41) is 17.3. The van der Waals surface area contributed by atoms with Crippen molar-refractivity contribution in [3.05, 3.63) is 87.9 Å². The van der Waals surface area contributed by atoms with Crippen LogP contribution in [0.15, 0.2) is 71.8 Å². The summed E-state index contributed by atoms with van der Waals surface area (Å²) in [5.74, 6) is -0.422. The lowest BCUT2D eigenvalue weighted by atomic mass is 10.1. The first kappa shape index (κ1) is 27.8. The average Bonchev–Trinajstić information content (AvgIpc) is 2.87. The molecule has 0 radical (unpaired) electrons. The van der Waals surface area contributed by atoms with Crippen LogP contribution in [0.2, 0.25) is 10.0 Å². The van der Waals surface area contributed by atoms with Gasteiger partial charge in [0.05, 0.1) is 17.8 Å². The maximum Gasteiger partial charge on any atom is 0.262 e. The number of hydrogen-bond donors (Lipinski definition) is 3. The van der Waals surface area contributed by atoms with E-state index in [0.717, 1.165) is 5.56 Å². The summed E-state index contributed by atoms with van der Waals surface area (Å²) in [7, 11) is 0. The number of aromatic hydroxyl groups is 1. The number of phenolic OH excluding ortho intramolecular Hbond substituents is 1. The zero-order valence-corrected chi connectivity index (χ0v) is 21.8. The van der Waals surface area contributed by atoms with Gasteiger partial charge in [0, 0.05) is 11.4 Å². The van der Waals surface area contributed by atoms with Crippen molar-refractivity contribution in [2.75, 3.05) is 6.61 Å². The molecular formula is C27H27Cl2N3O5. The van der Waals surface area contributed by atoms with Crippen LogP contribution in [0.25, 0.3) is 0 Å². The van der Waals surface area contributed by atoms with E-state index in [4.69, 9.17) is 32.7 Å². The fourth-order valence-corrected chi connectivity index (χ4v) is 3.75. The predicted octanol–water partition coefficient (Wildman–Crippen LogP) is 4.74. The van der Waals surface area contributed by atoms with Gasteiger partial charge >= 0.3 is 0 Å². The van der Waals surface area contributed by atoms with Gasteiger partial charge in [-0.3, -0.25) is 9.59 Å². The maximum absolute atomic E-state index is 13.0. The molecule has 10 heteroatoms. The highest BCUT2D eigenvalue weighted by atomic mass is 35.5. The molecule has 0 unspecified atom stereocenters. The molecule has 2 atom stereocenters. The van der Waals surface area contributed by atoms with Crippen LogP contribution in [-0.2, 0) is 16.0 Å². The van der Waals surface area contributed by atoms with E-state index in [1.165, 1.54) is 18.3 Å². The first-order chi connectivity index (χ1) is 17.8. The SMILES string of the molecule is CCOc1cc(/C=N\NC(=O)[C@H](Cc2ccccc2)NC(=O)[C@H](C)Oc2ccc(Cl)cc2Cl)ccc1O. The molecule has 2 amide bonds. The van der Waals surface area contributed by atoms with Crippen LogP contribution in [0.4, 0.5) is 0 Å². The van der Waals surface area contributed by atoms with Crippen molar-refractivity contribution in [2.24, 2.45) is 5.10 Å². The van der Waals surface area contributed by atoms with Crippen molar-refractivity contribution in [1.29, 1.82) is 0 Å². The van der Waals surface area contributed by atoms with E-state index in [2.05, 4.69) is 15.8 Å². The van der Waals surface area contributed by atoms with Crippen molar-refractivity contribution in [3.8, 4) is 17.2 Å². The molecule has 0 aliphatic carbocycles. The number of rotatable bonds is 11. The highest BCUT2D eigenvalue weighted by molar-refractivity contribution is 6.35. The Morgan fingerprint density at radius 2 is 1.78 bits per heavy atom. The first-order valence-electron chi connectivity index (χ1n) is 11.5. The molecular weight excluding hydrogens is 517 g/mol. The Morgan fingerprint density at radius 3 is 2.49 bits per heavy atom. The summed E-state index contributed by atoms with van der Waals surface area (Å²) in [5.41, 5.74) is 3.91. The zero-order valence-electron chi connectivity index (χ0n) is 20.3. The second-order valence-corrected chi connectivity index (χ2v) is 8.82. The van der Waals surface area contributed by atoms with Crippen molar-refractivity contribution in [2.45, 2.75) is 32.4 Å². The summed E-state index contributed by atoms with van der Waals surface area (Å²) in [6.45, 7) is 3.74. The molecule has 0 aliphatic rings. The standard InChI is InChI=1S/C27H27Cl2N3O5/c1-3-36-25-14-19(9-11-23(25)33)16-30-32-27(35)22(13-18-7-5-4-6-8-18)31-26(34)17(2)37-24-12-10-20(28)15-21(24)29/h4-12,14-17,22,33H,3,13H2,1-2H3,(H,31,34)(H,32,35)/b30-16-/t17-,22-/m0/s1. The molecule has 3 aromatic carbocycles. The average molecular weight is 544 g/mol. The molecule has 37 heavy (non-hydrogen) atoms. The van der Waals surface area contributed by atoms with E-state index in [1.54, 1.807) is 38.1 Å². The Kier molecular flexibility index (Phi) is 10.2. The number of halogens is 2. The molecule has 8 nitrogen and oxygen atoms in total. The number of benzene rings is 3. The molecule has 0 fully saturated rings. The summed E-state index contributed by atoms with van der Waals surface area (Å²) < 4.78 is 11.0. The van der Waals surface area contributed by atoms with Gasteiger partial charge in [-0.15, -0.1) is 0 Å². The van der Waals surface area contributed by atoms with Crippen molar-refractivity contribution < 1.29 is 24.2 Å². The molecule has 0 aliphatic heterocycles. The lowest BCUT2D eigenvalue weighted by molar-refractivity contribution is -0.132. The molecule has 194 valence electrons. The van der Waals surface area contributed by atoms with Gasteiger partial charge in [-0.2, -0.15) is 5.10 Å². The van der Waals surface area contributed by atoms with Gasteiger partial charge in [0.2, 0.25) is 0 Å². The number of phenols is 1. The summed E-state index contributed by atoms with van der Waals surface area (Å²) >= 11 is 12.1. The zero-order chi connectivity index (χ0) is 26.8. The van der Waals surface area contributed by atoms with Crippen LogP contribution in [0.5, 0.6) is 17.2 Å². The molecule has 0 spiro atoms. The van der Waals surface area contributed by atoms with E-state index >= 15 is 0 Å². The Labute approximate surface area is 225 Å². The van der Waals surface area contributed by atoms with Gasteiger partial charge in [-0.05, 0) is 61.4 Å².